The Morgan fingerprint density at radius 1 is 1.50 bits per heavy atom. The van der Waals surface area contributed by atoms with Crippen LogP contribution in [0.15, 0.2) is 0 Å². The highest BCUT2D eigenvalue weighted by molar-refractivity contribution is 5.75. The Labute approximate surface area is 85.6 Å². The predicted octanol–water partition coefficient (Wildman–Crippen LogP) is 0.689. The van der Waals surface area contributed by atoms with E-state index in [1.165, 1.54) is 0 Å². The average molecular weight is 203 g/mol. The van der Waals surface area contributed by atoms with Gasteiger partial charge in [-0.15, -0.1) is 0 Å². The lowest BCUT2D eigenvalue weighted by molar-refractivity contribution is -0.145. The van der Waals surface area contributed by atoms with Crippen molar-refractivity contribution in [2.45, 2.75) is 45.8 Å². The normalized spacial score (nSPS) is 14.9. The van der Waals surface area contributed by atoms with Gasteiger partial charge in [0.25, 0.3) is 0 Å². The third kappa shape index (κ3) is 5.94. The van der Waals surface area contributed by atoms with E-state index in [4.69, 9.17) is 4.74 Å². The van der Waals surface area contributed by atoms with E-state index in [0.717, 1.165) is 12.8 Å². The second kappa shape index (κ2) is 7.76. The molecule has 0 aliphatic carbocycles. The molecular weight excluding hydrogens is 182 g/mol. The van der Waals surface area contributed by atoms with Crippen LogP contribution in [-0.4, -0.2) is 36.4 Å². The van der Waals surface area contributed by atoms with Crippen molar-refractivity contribution in [3.05, 3.63) is 0 Å². The zero-order valence-electron chi connectivity index (χ0n) is 9.25. The number of carbonyl (C=O) groups is 1. The molecule has 0 aromatic rings. The molecule has 0 aromatic carbocycles. The quantitative estimate of drug-likeness (QED) is 0.598. The molecule has 0 radical (unpaired) electrons. The molecule has 0 aliphatic rings. The molecular formula is C10H21NO3. The first kappa shape index (κ1) is 13.4. The summed E-state index contributed by atoms with van der Waals surface area (Å²) in [6.07, 6.45) is 1.32. The molecule has 0 rings (SSSR count). The fourth-order valence-electron chi connectivity index (χ4n) is 1.10. The van der Waals surface area contributed by atoms with Crippen LogP contribution < -0.4 is 5.32 Å². The molecule has 0 aliphatic heterocycles. The molecule has 4 heteroatoms. The molecule has 0 amide bonds. The Morgan fingerprint density at radius 3 is 2.64 bits per heavy atom. The Kier molecular flexibility index (Phi) is 7.42. The van der Waals surface area contributed by atoms with Crippen LogP contribution in [0, 0.1) is 0 Å². The standard InChI is InChI=1S/C10H21NO3/c1-4-6-9(12)7-11-8(3)10(13)14-5-2/h8-9,11-12H,4-7H2,1-3H3. The summed E-state index contributed by atoms with van der Waals surface area (Å²) in [7, 11) is 0. The fraction of sp³-hybridized carbons (Fsp3) is 0.900. The van der Waals surface area contributed by atoms with Crippen LogP contribution in [0.5, 0.6) is 0 Å². The summed E-state index contributed by atoms with van der Waals surface area (Å²) in [6, 6.07) is -0.346. The number of carbonyl (C=O) groups excluding carboxylic acids is 1. The molecule has 4 nitrogen and oxygen atoms in total. The SMILES string of the molecule is CCCC(O)CNC(C)C(=O)OCC. The van der Waals surface area contributed by atoms with Gasteiger partial charge in [-0.05, 0) is 20.3 Å². The predicted molar refractivity (Wildman–Crippen MR) is 55.0 cm³/mol. The van der Waals surface area contributed by atoms with Gasteiger partial charge in [0.15, 0.2) is 0 Å². The Morgan fingerprint density at radius 2 is 2.14 bits per heavy atom. The van der Waals surface area contributed by atoms with E-state index in [0.29, 0.717) is 13.2 Å². The highest BCUT2D eigenvalue weighted by atomic mass is 16.5. The topological polar surface area (TPSA) is 58.6 Å². The number of rotatable bonds is 7. The van der Waals surface area contributed by atoms with E-state index >= 15 is 0 Å². The van der Waals surface area contributed by atoms with Gasteiger partial charge in [0.2, 0.25) is 0 Å². The summed E-state index contributed by atoms with van der Waals surface area (Å²) >= 11 is 0. The van der Waals surface area contributed by atoms with Crippen LogP contribution >= 0.6 is 0 Å². The van der Waals surface area contributed by atoms with E-state index in [2.05, 4.69) is 5.32 Å². The molecule has 14 heavy (non-hydrogen) atoms. The summed E-state index contributed by atoms with van der Waals surface area (Å²) in [5, 5.41) is 12.3. The summed E-state index contributed by atoms with van der Waals surface area (Å²) < 4.78 is 4.81. The van der Waals surface area contributed by atoms with Crippen molar-refractivity contribution >= 4 is 5.97 Å². The van der Waals surface area contributed by atoms with Crippen molar-refractivity contribution in [3.63, 3.8) is 0 Å². The molecule has 2 N–H and O–H groups in total. The van der Waals surface area contributed by atoms with Crippen molar-refractivity contribution in [2.75, 3.05) is 13.2 Å². The highest BCUT2D eigenvalue weighted by Gasteiger charge is 2.14. The van der Waals surface area contributed by atoms with Crippen LogP contribution in [-0.2, 0) is 9.53 Å². The molecule has 0 saturated carbocycles. The van der Waals surface area contributed by atoms with Crippen molar-refractivity contribution < 1.29 is 14.6 Å². The molecule has 0 spiro atoms. The van der Waals surface area contributed by atoms with E-state index in [1.54, 1.807) is 13.8 Å². The van der Waals surface area contributed by atoms with Crippen LogP contribution in [0.1, 0.15) is 33.6 Å². The molecule has 2 unspecified atom stereocenters. The maximum absolute atomic E-state index is 11.1. The smallest absolute Gasteiger partial charge is 0.322 e. The number of ether oxygens (including phenoxy) is 1. The number of aliphatic hydroxyl groups excluding tert-OH is 1. The lowest BCUT2D eigenvalue weighted by Gasteiger charge is -2.15. The molecule has 0 bridgehead atoms. The van der Waals surface area contributed by atoms with Gasteiger partial charge in [-0.25, -0.2) is 0 Å². The third-order valence-corrected chi connectivity index (χ3v) is 1.92. The largest absolute Gasteiger partial charge is 0.465 e. The minimum atomic E-state index is -0.378. The summed E-state index contributed by atoms with van der Waals surface area (Å²) in [5.41, 5.74) is 0. The lowest BCUT2D eigenvalue weighted by Crippen LogP contribution is -2.39. The van der Waals surface area contributed by atoms with Gasteiger partial charge in [0.05, 0.1) is 12.7 Å². The fourth-order valence-corrected chi connectivity index (χ4v) is 1.10. The van der Waals surface area contributed by atoms with Gasteiger partial charge in [-0.3, -0.25) is 4.79 Å². The van der Waals surface area contributed by atoms with Gasteiger partial charge < -0.3 is 15.2 Å². The summed E-state index contributed by atoms with van der Waals surface area (Å²) in [4.78, 5) is 11.1. The van der Waals surface area contributed by atoms with E-state index < -0.39 is 0 Å². The van der Waals surface area contributed by atoms with Gasteiger partial charge in [-0.2, -0.15) is 0 Å². The molecule has 2 atom stereocenters. The third-order valence-electron chi connectivity index (χ3n) is 1.92. The van der Waals surface area contributed by atoms with Crippen LogP contribution in [0.2, 0.25) is 0 Å². The monoisotopic (exact) mass is 203 g/mol. The van der Waals surface area contributed by atoms with Crippen molar-refractivity contribution in [2.24, 2.45) is 0 Å². The van der Waals surface area contributed by atoms with E-state index in [-0.39, 0.29) is 18.1 Å². The first-order valence-corrected chi connectivity index (χ1v) is 5.19. The first-order chi connectivity index (χ1) is 6.61. The Bertz CT molecular complexity index is 161. The van der Waals surface area contributed by atoms with Crippen molar-refractivity contribution in [1.82, 2.24) is 5.32 Å². The number of hydrogen-bond donors (Lipinski definition) is 2. The van der Waals surface area contributed by atoms with Crippen LogP contribution in [0.25, 0.3) is 0 Å². The first-order valence-electron chi connectivity index (χ1n) is 5.19. The molecule has 0 aromatic heterocycles. The van der Waals surface area contributed by atoms with Gasteiger partial charge in [0, 0.05) is 6.54 Å². The molecule has 0 heterocycles. The van der Waals surface area contributed by atoms with E-state index in [9.17, 15) is 9.90 Å². The minimum Gasteiger partial charge on any atom is -0.465 e. The second-order valence-electron chi connectivity index (χ2n) is 3.32. The van der Waals surface area contributed by atoms with Crippen LogP contribution in [0.3, 0.4) is 0 Å². The highest BCUT2D eigenvalue weighted by Crippen LogP contribution is 1.95. The summed E-state index contributed by atoms with van der Waals surface area (Å²) in [5.74, 6) is -0.267. The molecule has 84 valence electrons. The van der Waals surface area contributed by atoms with Crippen molar-refractivity contribution in [1.29, 1.82) is 0 Å². The Balaban J connectivity index is 3.61. The van der Waals surface area contributed by atoms with Gasteiger partial charge in [0.1, 0.15) is 6.04 Å². The number of nitrogens with one attached hydrogen (secondary N) is 1. The maximum Gasteiger partial charge on any atom is 0.322 e. The van der Waals surface area contributed by atoms with Crippen molar-refractivity contribution in [3.8, 4) is 0 Å². The molecule has 0 fully saturated rings. The second-order valence-corrected chi connectivity index (χ2v) is 3.32. The average Bonchev–Trinajstić information content (AvgIpc) is 2.15. The Hall–Kier alpha value is -0.610. The van der Waals surface area contributed by atoms with E-state index in [1.807, 2.05) is 6.92 Å². The maximum atomic E-state index is 11.1. The zero-order chi connectivity index (χ0) is 11.0. The van der Waals surface area contributed by atoms with Crippen LogP contribution in [0.4, 0.5) is 0 Å². The molecule has 0 saturated heterocycles. The number of aliphatic hydroxyl groups is 1. The van der Waals surface area contributed by atoms with Gasteiger partial charge >= 0.3 is 5.97 Å². The van der Waals surface area contributed by atoms with Gasteiger partial charge in [-0.1, -0.05) is 13.3 Å². The zero-order valence-corrected chi connectivity index (χ0v) is 9.25. The summed E-state index contributed by atoms with van der Waals surface area (Å²) in [6.45, 7) is 6.35. The number of esters is 1. The minimum absolute atomic E-state index is 0.267. The number of hydrogen-bond acceptors (Lipinski definition) is 4. The lowest BCUT2D eigenvalue weighted by atomic mass is 10.2.